The van der Waals surface area contributed by atoms with Gasteiger partial charge in [0.2, 0.25) is 5.95 Å². The maximum Gasteiger partial charge on any atom is 0.323 e. The first kappa shape index (κ1) is 12.1. The number of fused-ring (bicyclic) bond motifs is 1. The monoisotopic (exact) mass is 272 g/mol. The Balaban J connectivity index is 1.88. The lowest BCUT2D eigenvalue weighted by atomic mass is 10.2. The lowest BCUT2D eigenvalue weighted by Gasteiger charge is -2.04. The maximum absolute atomic E-state index is 12.9. The zero-order valence-corrected chi connectivity index (χ0v) is 10.1. The third-order valence-corrected chi connectivity index (χ3v) is 2.72. The highest BCUT2D eigenvalue weighted by molar-refractivity contribution is 6.03. The molecule has 0 bridgehead atoms. The standard InChI is InChI=1S/C13H9FN4O2/c14-11-3-1-2-9(16-11)12(19)15-7-4-5-8-10(6-7)18-13(20)17-8/h1-6H,(H,15,19)(H2,17,18,20). The molecule has 7 heteroatoms. The lowest BCUT2D eigenvalue weighted by Crippen LogP contribution is -2.14. The van der Waals surface area contributed by atoms with Gasteiger partial charge in [-0.1, -0.05) is 6.07 Å². The van der Waals surface area contributed by atoms with Crippen molar-refractivity contribution in [3.63, 3.8) is 0 Å². The molecule has 0 fully saturated rings. The predicted molar refractivity (Wildman–Crippen MR) is 71.1 cm³/mol. The Bertz CT molecular complexity index is 853. The largest absolute Gasteiger partial charge is 0.323 e. The number of aromatic nitrogens is 3. The van der Waals surface area contributed by atoms with Gasteiger partial charge in [-0.15, -0.1) is 0 Å². The number of H-pyrrole nitrogens is 2. The van der Waals surface area contributed by atoms with E-state index in [0.717, 1.165) is 6.07 Å². The van der Waals surface area contributed by atoms with Crippen LogP contribution in [0.5, 0.6) is 0 Å². The van der Waals surface area contributed by atoms with E-state index in [-0.39, 0.29) is 11.4 Å². The number of halogens is 1. The summed E-state index contributed by atoms with van der Waals surface area (Å²) in [4.78, 5) is 31.7. The van der Waals surface area contributed by atoms with Gasteiger partial charge in [-0.25, -0.2) is 9.78 Å². The van der Waals surface area contributed by atoms with Gasteiger partial charge in [-0.2, -0.15) is 4.39 Å². The topological polar surface area (TPSA) is 90.6 Å². The second kappa shape index (κ2) is 4.61. The third kappa shape index (κ3) is 2.28. The van der Waals surface area contributed by atoms with E-state index in [4.69, 9.17) is 0 Å². The lowest BCUT2D eigenvalue weighted by molar-refractivity contribution is 0.102. The number of hydrogen-bond donors (Lipinski definition) is 3. The molecule has 1 amide bonds. The van der Waals surface area contributed by atoms with Gasteiger partial charge in [0.05, 0.1) is 11.0 Å². The smallest absolute Gasteiger partial charge is 0.321 e. The number of amides is 1. The Kier molecular flexibility index (Phi) is 2.79. The fraction of sp³-hybridized carbons (Fsp3) is 0. The van der Waals surface area contributed by atoms with E-state index in [2.05, 4.69) is 20.3 Å². The zero-order chi connectivity index (χ0) is 14.1. The van der Waals surface area contributed by atoms with Crippen LogP contribution >= 0.6 is 0 Å². The minimum atomic E-state index is -0.719. The first-order valence-corrected chi connectivity index (χ1v) is 5.78. The summed E-state index contributed by atoms with van der Waals surface area (Å²) in [7, 11) is 0. The Labute approximate surface area is 111 Å². The molecule has 0 aliphatic heterocycles. The molecule has 6 nitrogen and oxygen atoms in total. The molecular weight excluding hydrogens is 263 g/mol. The molecule has 0 atom stereocenters. The number of carbonyl (C=O) groups is 1. The molecule has 0 aliphatic carbocycles. The average molecular weight is 272 g/mol. The number of carbonyl (C=O) groups excluding carboxylic acids is 1. The number of aromatic amines is 2. The van der Waals surface area contributed by atoms with Crippen LogP contribution in [0.2, 0.25) is 0 Å². The highest BCUT2D eigenvalue weighted by Crippen LogP contribution is 2.15. The van der Waals surface area contributed by atoms with Crippen molar-refractivity contribution in [2.24, 2.45) is 0 Å². The number of rotatable bonds is 2. The first-order chi connectivity index (χ1) is 9.61. The van der Waals surface area contributed by atoms with Crippen molar-refractivity contribution in [1.29, 1.82) is 0 Å². The highest BCUT2D eigenvalue weighted by atomic mass is 19.1. The van der Waals surface area contributed by atoms with Gasteiger partial charge in [0, 0.05) is 5.69 Å². The van der Waals surface area contributed by atoms with Gasteiger partial charge in [-0.3, -0.25) is 4.79 Å². The van der Waals surface area contributed by atoms with Crippen LogP contribution in [0.1, 0.15) is 10.5 Å². The highest BCUT2D eigenvalue weighted by Gasteiger charge is 2.09. The summed E-state index contributed by atoms with van der Waals surface area (Å²) in [6, 6.07) is 8.86. The van der Waals surface area contributed by atoms with Crippen LogP contribution in [0.3, 0.4) is 0 Å². The van der Waals surface area contributed by atoms with Gasteiger partial charge >= 0.3 is 5.69 Å². The fourth-order valence-electron chi connectivity index (χ4n) is 1.84. The van der Waals surface area contributed by atoms with Crippen molar-refractivity contribution >= 4 is 22.6 Å². The number of nitrogens with zero attached hydrogens (tertiary/aromatic N) is 1. The second-order valence-corrected chi connectivity index (χ2v) is 4.14. The number of pyridine rings is 1. The number of nitrogens with one attached hydrogen (secondary N) is 3. The zero-order valence-electron chi connectivity index (χ0n) is 10.1. The number of imidazole rings is 1. The molecule has 3 rings (SSSR count). The maximum atomic E-state index is 12.9. The van der Waals surface area contributed by atoms with Crippen molar-refractivity contribution < 1.29 is 9.18 Å². The molecule has 3 N–H and O–H groups in total. The van der Waals surface area contributed by atoms with Crippen molar-refractivity contribution in [1.82, 2.24) is 15.0 Å². The van der Waals surface area contributed by atoms with Crippen LogP contribution in [0.4, 0.5) is 10.1 Å². The van der Waals surface area contributed by atoms with Crippen LogP contribution in [0, 0.1) is 5.95 Å². The van der Waals surface area contributed by atoms with E-state index in [1.807, 2.05) is 0 Å². The number of hydrogen-bond acceptors (Lipinski definition) is 3. The molecule has 0 unspecified atom stereocenters. The quantitative estimate of drug-likeness (QED) is 0.619. The summed E-state index contributed by atoms with van der Waals surface area (Å²) in [6.45, 7) is 0. The Morgan fingerprint density at radius 3 is 2.75 bits per heavy atom. The summed E-state index contributed by atoms with van der Waals surface area (Å²) in [5, 5.41) is 2.58. The van der Waals surface area contributed by atoms with Gasteiger partial charge < -0.3 is 15.3 Å². The van der Waals surface area contributed by atoms with E-state index in [1.165, 1.54) is 12.1 Å². The van der Waals surface area contributed by atoms with Crippen molar-refractivity contribution in [2.75, 3.05) is 5.32 Å². The van der Waals surface area contributed by atoms with Gasteiger partial charge in [-0.05, 0) is 30.3 Å². The molecule has 2 heterocycles. The summed E-state index contributed by atoms with van der Waals surface area (Å²) >= 11 is 0. The van der Waals surface area contributed by atoms with E-state index >= 15 is 0 Å². The van der Waals surface area contributed by atoms with E-state index in [9.17, 15) is 14.0 Å². The molecule has 0 radical (unpaired) electrons. The minimum absolute atomic E-state index is 0.0207. The summed E-state index contributed by atoms with van der Waals surface area (Å²) in [5.41, 5.74) is 1.34. The van der Waals surface area contributed by atoms with E-state index < -0.39 is 11.9 Å². The van der Waals surface area contributed by atoms with Gasteiger partial charge in [0.1, 0.15) is 5.69 Å². The van der Waals surface area contributed by atoms with E-state index in [0.29, 0.717) is 16.7 Å². The second-order valence-electron chi connectivity index (χ2n) is 4.14. The predicted octanol–water partition coefficient (Wildman–Crippen LogP) is 1.64. The molecule has 0 saturated carbocycles. The van der Waals surface area contributed by atoms with Crippen molar-refractivity contribution in [3.8, 4) is 0 Å². The summed E-state index contributed by atoms with van der Waals surface area (Å²) in [5.74, 6) is -1.25. The van der Waals surface area contributed by atoms with Crippen molar-refractivity contribution in [3.05, 3.63) is 58.5 Å². The molecule has 1 aromatic carbocycles. The van der Waals surface area contributed by atoms with Crippen molar-refractivity contribution in [2.45, 2.75) is 0 Å². The van der Waals surface area contributed by atoms with Gasteiger partial charge in [0.15, 0.2) is 0 Å². The number of benzene rings is 1. The molecular formula is C13H9FN4O2. The Morgan fingerprint density at radius 1 is 1.15 bits per heavy atom. The number of anilines is 1. The average Bonchev–Trinajstić information content (AvgIpc) is 2.78. The first-order valence-electron chi connectivity index (χ1n) is 5.78. The normalized spacial score (nSPS) is 10.7. The molecule has 0 aliphatic rings. The molecule has 0 saturated heterocycles. The van der Waals surface area contributed by atoms with Crippen LogP contribution < -0.4 is 11.0 Å². The fourth-order valence-corrected chi connectivity index (χ4v) is 1.84. The van der Waals surface area contributed by atoms with Crippen LogP contribution in [0.15, 0.2) is 41.2 Å². The SMILES string of the molecule is O=C(Nc1ccc2[nH]c(=O)[nH]c2c1)c1cccc(F)n1. The van der Waals surface area contributed by atoms with Gasteiger partial charge in [0.25, 0.3) is 5.91 Å². The molecule has 20 heavy (non-hydrogen) atoms. The van der Waals surface area contributed by atoms with Crippen LogP contribution in [-0.4, -0.2) is 20.9 Å². The molecule has 3 aromatic rings. The summed E-state index contributed by atoms with van der Waals surface area (Å²) in [6.07, 6.45) is 0. The van der Waals surface area contributed by atoms with E-state index in [1.54, 1.807) is 18.2 Å². The van der Waals surface area contributed by atoms with Crippen LogP contribution in [-0.2, 0) is 0 Å². The Morgan fingerprint density at radius 2 is 1.95 bits per heavy atom. The van der Waals surface area contributed by atoms with Crippen LogP contribution in [0.25, 0.3) is 11.0 Å². The summed E-state index contributed by atoms with van der Waals surface area (Å²) < 4.78 is 12.9. The third-order valence-electron chi connectivity index (χ3n) is 2.72. The minimum Gasteiger partial charge on any atom is -0.321 e. The molecule has 2 aromatic heterocycles. The Hall–Kier alpha value is -2.96. The molecule has 100 valence electrons. The molecule has 0 spiro atoms.